The van der Waals surface area contributed by atoms with Gasteiger partial charge in [-0.2, -0.15) is 0 Å². The number of nitrogens with zero attached hydrogens (tertiary/aromatic N) is 1. The molecule has 8 nitrogen and oxygen atoms in total. The first kappa shape index (κ1) is 16.3. The van der Waals surface area contributed by atoms with Crippen molar-refractivity contribution in [2.24, 2.45) is 0 Å². The third-order valence-corrected chi connectivity index (χ3v) is 2.91. The second kappa shape index (κ2) is 7.83. The molecule has 1 aromatic heterocycles. The van der Waals surface area contributed by atoms with Crippen molar-refractivity contribution in [2.75, 3.05) is 19.8 Å². The van der Waals surface area contributed by atoms with Crippen molar-refractivity contribution in [3.05, 3.63) is 52.3 Å². The van der Waals surface area contributed by atoms with E-state index in [-0.39, 0.29) is 24.5 Å². The van der Waals surface area contributed by atoms with Crippen molar-refractivity contribution in [1.82, 2.24) is 10.3 Å². The summed E-state index contributed by atoms with van der Waals surface area (Å²) < 4.78 is 10.8. The first-order valence-corrected chi connectivity index (χ1v) is 7.07. The molecule has 0 aliphatic carbocycles. The topological polar surface area (TPSA) is 106 Å². The Morgan fingerprint density at radius 1 is 1.26 bits per heavy atom. The van der Waals surface area contributed by atoms with Crippen LogP contribution in [-0.2, 0) is 0 Å². The minimum atomic E-state index is -0.567. The highest BCUT2D eigenvalue weighted by Gasteiger charge is 2.13. The summed E-state index contributed by atoms with van der Waals surface area (Å²) in [5.41, 5.74) is -0.0152. The molecule has 2 aromatic rings. The Balaban J connectivity index is 1.73. The van der Waals surface area contributed by atoms with E-state index in [1.54, 1.807) is 24.3 Å². The Morgan fingerprint density at radius 2 is 1.91 bits per heavy atom. The summed E-state index contributed by atoms with van der Waals surface area (Å²) in [5.74, 6) is 1.01. The summed E-state index contributed by atoms with van der Waals surface area (Å²) in [6.45, 7) is 3.07. The monoisotopic (exact) mass is 319 g/mol. The number of hydrogen-bond donors (Lipinski definition) is 2. The fraction of sp³-hybridized carbons (Fsp3) is 0.267. The zero-order valence-corrected chi connectivity index (χ0v) is 12.6. The fourth-order valence-corrected chi connectivity index (χ4v) is 1.85. The molecule has 0 unspecified atom stereocenters. The van der Waals surface area contributed by atoms with Crippen molar-refractivity contribution in [3.8, 4) is 11.5 Å². The number of H-pyrrole nitrogens is 1. The molecule has 8 heteroatoms. The third-order valence-electron chi connectivity index (χ3n) is 2.91. The zero-order chi connectivity index (χ0) is 16.7. The lowest BCUT2D eigenvalue weighted by atomic mass is 10.3. The zero-order valence-electron chi connectivity index (χ0n) is 12.6. The van der Waals surface area contributed by atoms with Gasteiger partial charge in [0.15, 0.2) is 0 Å². The predicted octanol–water partition coefficient (Wildman–Crippen LogP) is 2.13. The third kappa shape index (κ3) is 4.73. The van der Waals surface area contributed by atoms with Gasteiger partial charge in [0.05, 0.1) is 24.3 Å². The fourth-order valence-electron chi connectivity index (χ4n) is 1.85. The number of nitrogens with one attached hydrogen (secondary N) is 2. The maximum Gasteiger partial charge on any atom is 0.287 e. The molecule has 0 atom stereocenters. The maximum absolute atomic E-state index is 11.8. The van der Waals surface area contributed by atoms with Gasteiger partial charge >= 0.3 is 0 Å². The standard InChI is InChI=1S/C15H17N3O5/c1-2-22-12-3-5-13(6-4-12)23-8-7-16-15(19)14-9-11(10-17-14)18(20)21/h3-6,9-10,17H,2,7-8H2,1H3,(H,16,19). The molecule has 0 saturated carbocycles. The minimum absolute atomic E-state index is 0.137. The van der Waals surface area contributed by atoms with Crippen LogP contribution in [0.15, 0.2) is 36.5 Å². The van der Waals surface area contributed by atoms with Gasteiger partial charge in [0, 0.05) is 6.07 Å². The molecule has 2 N–H and O–H groups in total. The Hall–Kier alpha value is -3.03. The van der Waals surface area contributed by atoms with Crippen LogP contribution in [0.5, 0.6) is 11.5 Å². The number of benzene rings is 1. The van der Waals surface area contributed by atoms with Gasteiger partial charge in [0.25, 0.3) is 11.6 Å². The molecule has 0 aliphatic rings. The molecule has 0 fully saturated rings. The number of carbonyl (C=O) groups is 1. The number of nitro groups is 1. The van der Waals surface area contributed by atoms with E-state index in [1.165, 1.54) is 12.3 Å². The largest absolute Gasteiger partial charge is 0.494 e. The predicted molar refractivity (Wildman–Crippen MR) is 82.9 cm³/mol. The van der Waals surface area contributed by atoms with E-state index in [1.807, 2.05) is 6.92 Å². The SMILES string of the molecule is CCOc1ccc(OCCNC(=O)c2cc([N+](=O)[O-])c[nH]2)cc1. The summed E-state index contributed by atoms with van der Waals surface area (Å²) in [5, 5.41) is 13.2. The number of aromatic nitrogens is 1. The molecule has 2 rings (SSSR count). The lowest BCUT2D eigenvalue weighted by molar-refractivity contribution is -0.384. The van der Waals surface area contributed by atoms with Crippen LogP contribution in [0.1, 0.15) is 17.4 Å². The lowest BCUT2D eigenvalue weighted by Gasteiger charge is -2.08. The van der Waals surface area contributed by atoms with Crippen molar-refractivity contribution in [2.45, 2.75) is 6.92 Å². The van der Waals surface area contributed by atoms with Crippen LogP contribution < -0.4 is 14.8 Å². The molecular weight excluding hydrogens is 302 g/mol. The van der Waals surface area contributed by atoms with Crippen molar-refractivity contribution in [3.63, 3.8) is 0 Å². The smallest absolute Gasteiger partial charge is 0.287 e. The van der Waals surface area contributed by atoms with E-state index < -0.39 is 10.8 Å². The summed E-state index contributed by atoms with van der Waals surface area (Å²) in [6, 6.07) is 8.34. The number of carbonyl (C=O) groups excluding carboxylic acids is 1. The molecule has 1 heterocycles. The van der Waals surface area contributed by atoms with Crippen molar-refractivity contribution < 1.29 is 19.2 Å². The lowest BCUT2D eigenvalue weighted by Crippen LogP contribution is -2.28. The highest BCUT2D eigenvalue weighted by Crippen LogP contribution is 2.17. The van der Waals surface area contributed by atoms with Crippen LogP contribution in [0.3, 0.4) is 0 Å². The number of aromatic amines is 1. The van der Waals surface area contributed by atoms with Gasteiger partial charge in [-0.15, -0.1) is 0 Å². The molecule has 1 aromatic carbocycles. The second-order valence-electron chi connectivity index (χ2n) is 4.54. The number of ether oxygens (including phenoxy) is 2. The van der Waals surface area contributed by atoms with Gasteiger partial charge in [-0.05, 0) is 31.2 Å². The van der Waals surface area contributed by atoms with Gasteiger partial charge < -0.3 is 19.8 Å². The Bertz CT molecular complexity index is 666. The van der Waals surface area contributed by atoms with Gasteiger partial charge in [0.1, 0.15) is 23.8 Å². The number of rotatable bonds is 8. The summed E-state index contributed by atoms with van der Waals surface area (Å²) in [7, 11) is 0. The average molecular weight is 319 g/mol. The van der Waals surface area contributed by atoms with Gasteiger partial charge in [0.2, 0.25) is 0 Å². The molecule has 23 heavy (non-hydrogen) atoms. The van der Waals surface area contributed by atoms with Crippen LogP contribution in [0.2, 0.25) is 0 Å². The molecule has 122 valence electrons. The van der Waals surface area contributed by atoms with E-state index in [0.717, 1.165) is 5.75 Å². The molecule has 0 saturated heterocycles. The molecule has 0 aliphatic heterocycles. The number of hydrogen-bond acceptors (Lipinski definition) is 5. The maximum atomic E-state index is 11.8. The van der Waals surface area contributed by atoms with Crippen LogP contribution in [0.4, 0.5) is 5.69 Å². The molecule has 0 spiro atoms. The van der Waals surface area contributed by atoms with Gasteiger partial charge in [-0.3, -0.25) is 14.9 Å². The Morgan fingerprint density at radius 3 is 2.48 bits per heavy atom. The van der Waals surface area contributed by atoms with Crippen molar-refractivity contribution in [1.29, 1.82) is 0 Å². The molecular formula is C15H17N3O5. The highest BCUT2D eigenvalue weighted by atomic mass is 16.6. The average Bonchev–Trinajstić information content (AvgIpc) is 3.03. The van der Waals surface area contributed by atoms with Crippen LogP contribution >= 0.6 is 0 Å². The number of amides is 1. The Labute approximate surface area is 132 Å². The van der Waals surface area contributed by atoms with Crippen LogP contribution in [-0.4, -0.2) is 35.6 Å². The molecule has 0 bridgehead atoms. The van der Waals surface area contributed by atoms with Gasteiger partial charge in [-0.1, -0.05) is 0 Å². The van der Waals surface area contributed by atoms with E-state index in [2.05, 4.69) is 10.3 Å². The van der Waals surface area contributed by atoms with E-state index in [4.69, 9.17) is 9.47 Å². The van der Waals surface area contributed by atoms with Crippen molar-refractivity contribution >= 4 is 11.6 Å². The Kier molecular flexibility index (Phi) is 5.56. The summed E-state index contributed by atoms with van der Waals surface area (Å²) in [6.07, 6.45) is 1.17. The molecule has 0 radical (unpaired) electrons. The first-order chi connectivity index (χ1) is 11.1. The first-order valence-electron chi connectivity index (χ1n) is 7.07. The van der Waals surface area contributed by atoms with E-state index in [0.29, 0.717) is 12.4 Å². The molecule has 1 amide bonds. The summed E-state index contributed by atoms with van der Waals surface area (Å²) in [4.78, 5) is 24.3. The minimum Gasteiger partial charge on any atom is -0.494 e. The summed E-state index contributed by atoms with van der Waals surface area (Å²) >= 11 is 0. The van der Waals surface area contributed by atoms with Crippen LogP contribution in [0.25, 0.3) is 0 Å². The van der Waals surface area contributed by atoms with Crippen LogP contribution in [0, 0.1) is 10.1 Å². The normalized spacial score (nSPS) is 10.1. The second-order valence-corrected chi connectivity index (χ2v) is 4.54. The van der Waals surface area contributed by atoms with E-state index >= 15 is 0 Å². The highest BCUT2D eigenvalue weighted by molar-refractivity contribution is 5.93. The quantitative estimate of drug-likeness (QED) is 0.440. The van der Waals surface area contributed by atoms with Gasteiger partial charge in [-0.25, -0.2) is 0 Å². The van der Waals surface area contributed by atoms with E-state index in [9.17, 15) is 14.9 Å².